The number of halogens is 2. The van der Waals surface area contributed by atoms with Gasteiger partial charge in [0.25, 0.3) is 11.8 Å². The molecule has 0 fully saturated rings. The third kappa shape index (κ3) is 4.49. The molecule has 3 heterocycles. The summed E-state index contributed by atoms with van der Waals surface area (Å²) in [5.74, 6) is -1.82. The van der Waals surface area contributed by atoms with Gasteiger partial charge in [-0.25, -0.2) is 8.78 Å². The number of nitrogens with one attached hydrogen (secondary N) is 1. The molecule has 0 saturated heterocycles. The molecule has 0 radical (unpaired) electrons. The van der Waals surface area contributed by atoms with Gasteiger partial charge in [-0.15, -0.1) is 0 Å². The zero-order valence-corrected chi connectivity index (χ0v) is 19.9. The van der Waals surface area contributed by atoms with Crippen molar-refractivity contribution in [3.63, 3.8) is 0 Å². The molecule has 5 rings (SSSR count). The lowest BCUT2D eigenvalue weighted by Crippen LogP contribution is -2.35. The second kappa shape index (κ2) is 9.37. The molecule has 1 aliphatic rings. The Hall–Kier alpha value is -4.33. The van der Waals surface area contributed by atoms with Gasteiger partial charge in [0.05, 0.1) is 11.3 Å². The highest BCUT2D eigenvalue weighted by molar-refractivity contribution is 6.01. The number of amides is 2. The van der Waals surface area contributed by atoms with Crippen LogP contribution in [0.25, 0.3) is 27.7 Å². The van der Waals surface area contributed by atoms with E-state index >= 15 is 0 Å². The van der Waals surface area contributed by atoms with Crippen molar-refractivity contribution in [2.75, 3.05) is 27.2 Å². The second-order valence-electron chi connectivity index (χ2n) is 8.99. The quantitative estimate of drug-likeness (QED) is 0.434. The van der Waals surface area contributed by atoms with Crippen LogP contribution in [0.15, 0.2) is 66.9 Å². The minimum atomic E-state index is -0.729. The summed E-state index contributed by atoms with van der Waals surface area (Å²) in [5.41, 5.74) is 4.02. The number of hydrogen-bond acceptors (Lipinski definition) is 3. The van der Waals surface area contributed by atoms with Gasteiger partial charge in [0.1, 0.15) is 17.3 Å². The highest BCUT2D eigenvalue weighted by Crippen LogP contribution is 2.29. The number of nitrogens with zero attached hydrogens (tertiary/aromatic N) is 3. The van der Waals surface area contributed by atoms with Crippen LogP contribution in [0, 0.1) is 11.6 Å². The van der Waals surface area contributed by atoms with Crippen LogP contribution in [0.5, 0.6) is 0 Å². The van der Waals surface area contributed by atoms with Crippen molar-refractivity contribution >= 4 is 28.3 Å². The van der Waals surface area contributed by atoms with E-state index in [1.165, 1.54) is 23.2 Å². The van der Waals surface area contributed by atoms with E-state index in [0.717, 1.165) is 28.1 Å². The molecule has 0 saturated carbocycles. The van der Waals surface area contributed by atoms with E-state index in [4.69, 9.17) is 0 Å². The number of benzene rings is 2. The molecule has 2 amide bonds. The molecule has 36 heavy (non-hydrogen) atoms. The van der Waals surface area contributed by atoms with Crippen molar-refractivity contribution in [3.05, 3.63) is 95.3 Å². The topological polar surface area (TPSA) is 69.3 Å². The standard InChI is InChI=1S/C28H24F2N4O2/c1-33(2)28(36)25-14-18-8-7-17(13-24(18)32-25)19-5-4-10-34(16-19)27(35)23-6-3-9-31-26(23)20-11-21(29)15-22(30)12-20/h3,5-9,11-15,32H,4,10,16H2,1-2H3. The van der Waals surface area contributed by atoms with E-state index in [-0.39, 0.29) is 28.6 Å². The van der Waals surface area contributed by atoms with Crippen LogP contribution < -0.4 is 0 Å². The predicted molar refractivity (Wildman–Crippen MR) is 134 cm³/mol. The summed E-state index contributed by atoms with van der Waals surface area (Å²) in [6.07, 6.45) is 4.27. The number of aromatic nitrogens is 2. The van der Waals surface area contributed by atoms with Gasteiger partial charge in [0.2, 0.25) is 0 Å². The molecule has 0 atom stereocenters. The van der Waals surface area contributed by atoms with Crippen molar-refractivity contribution in [2.45, 2.75) is 6.42 Å². The van der Waals surface area contributed by atoms with Gasteiger partial charge in [0.15, 0.2) is 0 Å². The highest BCUT2D eigenvalue weighted by atomic mass is 19.1. The number of hydrogen-bond donors (Lipinski definition) is 1. The van der Waals surface area contributed by atoms with Crippen LogP contribution >= 0.6 is 0 Å². The Morgan fingerprint density at radius 1 is 1.00 bits per heavy atom. The number of aromatic amines is 1. The Bertz CT molecular complexity index is 1500. The average Bonchev–Trinajstić information content (AvgIpc) is 3.30. The minimum absolute atomic E-state index is 0.105. The van der Waals surface area contributed by atoms with Gasteiger partial charge in [-0.1, -0.05) is 18.2 Å². The smallest absolute Gasteiger partial charge is 0.269 e. The van der Waals surface area contributed by atoms with Gasteiger partial charge >= 0.3 is 0 Å². The summed E-state index contributed by atoms with van der Waals surface area (Å²) in [7, 11) is 3.41. The minimum Gasteiger partial charge on any atom is -0.351 e. The Balaban J connectivity index is 1.42. The molecule has 8 heteroatoms. The summed E-state index contributed by atoms with van der Waals surface area (Å²) in [6.45, 7) is 0.890. The maximum absolute atomic E-state index is 13.8. The molecule has 1 aliphatic heterocycles. The third-order valence-corrected chi connectivity index (χ3v) is 6.24. The summed E-state index contributed by atoms with van der Waals surface area (Å²) >= 11 is 0. The Kier molecular flexibility index (Phi) is 6.10. The first kappa shape index (κ1) is 23.4. The number of H-pyrrole nitrogens is 1. The van der Waals surface area contributed by atoms with Gasteiger partial charge in [-0.05, 0) is 54.0 Å². The molecule has 0 unspecified atom stereocenters. The molecule has 0 spiro atoms. The van der Waals surface area contributed by atoms with Gasteiger partial charge < -0.3 is 14.8 Å². The maximum Gasteiger partial charge on any atom is 0.269 e. The number of carbonyl (C=O) groups is 2. The Morgan fingerprint density at radius 3 is 2.53 bits per heavy atom. The average molecular weight is 487 g/mol. The first-order valence-electron chi connectivity index (χ1n) is 11.5. The molecule has 0 bridgehead atoms. The van der Waals surface area contributed by atoms with Crippen LogP contribution in [-0.4, -0.2) is 58.8 Å². The molecular weight excluding hydrogens is 462 g/mol. The number of fused-ring (bicyclic) bond motifs is 1. The monoisotopic (exact) mass is 486 g/mol. The predicted octanol–water partition coefficient (Wildman–Crippen LogP) is 5.14. The van der Waals surface area contributed by atoms with Gasteiger partial charge in [-0.2, -0.15) is 0 Å². The fraction of sp³-hybridized carbons (Fsp3) is 0.179. The molecule has 2 aromatic carbocycles. The molecule has 4 aromatic rings. The van der Waals surface area contributed by atoms with Crippen molar-refractivity contribution in [1.29, 1.82) is 0 Å². The second-order valence-corrected chi connectivity index (χ2v) is 8.99. The van der Waals surface area contributed by atoms with Crippen LogP contribution in [0.4, 0.5) is 8.78 Å². The van der Waals surface area contributed by atoms with Crippen molar-refractivity contribution < 1.29 is 18.4 Å². The maximum atomic E-state index is 13.8. The first-order chi connectivity index (χ1) is 17.3. The van der Waals surface area contributed by atoms with Crippen LogP contribution in [0.2, 0.25) is 0 Å². The molecular formula is C28H24F2N4O2. The Labute approximate surface area is 206 Å². The van der Waals surface area contributed by atoms with E-state index in [0.29, 0.717) is 25.2 Å². The molecule has 182 valence electrons. The largest absolute Gasteiger partial charge is 0.351 e. The lowest BCUT2D eigenvalue weighted by Gasteiger charge is -2.28. The summed E-state index contributed by atoms with van der Waals surface area (Å²) in [6, 6.07) is 14.1. The third-order valence-electron chi connectivity index (χ3n) is 6.24. The SMILES string of the molecule is CN(C)C(=O)c1cc2ccc(C3=CCCN(C(=O)c4cccnc4-c4cc(F)cc(F)c4)C3)cc2[nH]1. The zero-order valence-electron chi connectivity index (χ0n) is 19.9. The summed E-state index contributed by atoms with van der Waals surface area (Å²) in [5, 5.41) is 0.926. The van der Waals surface area contributed by atoms with E-state index < -0.39 is 11.6 Å². The number of carbonyl (C=O) groups excluding carboxylic acids is 2. The lowest BCUT2D eigenvalue weighted by molar-refractivity contribution is 0.0774. The van der Waals surface area contributed by atoms with E-state index in [9.17, 15) is 18.4 Å². The molecule has 1 N–H and O–H groups in total. The summed E-state index contributed by atoms with van der Waals surface area (Å²) in [4.78, 5) is 36.5. The highest BCUT2D eigenvalue weighted by Gasteiger charge is 2.24. The fourth-order valence-electron chi connectivity index (χ4n) is 4.48. The number of pyridine rings is 1. The summed E-state index contributed by atoms with van der Waals surface area (Å²) < 4.78 is 27.7. The zero-order chi connectivity index (χ0) is 25.4. The fourth-order valence-corrected chi connectivity index (χ4v) is 4.48. The Morgan fingerprint density at radius 2 is 1.78 bits per heavy atom. The first-order valence-corrected chi connectivity index (χ1v) is 11.5. The molecule has 2 aromatic heterocycles. The van der Waals surface area contributed by atoms with Crippen molar-refractivity contribution in [2.24, 2.45) is 0 Å². The molecule has 6 nitrogen and oxygen atoms in total. The van der Waals surface area contributed by atoms with E-state index in [1.807, 2.05) is 24.3 Å². The van der Waals surface area contributed by atoms with Gasteiger partial charge in [0, 0.05) is 55.9 Å². The molecule has 0 aliphatic carbocycles. The van der Waals surface area contributed by atoms with Crippen LogP contribution in [0.1, 0.15) is 32.8 Å². The van der Waals surface area contributed by atoms with Crippen LogP contribution in [0.3, 0.4) is 0 Å². The number of rotatable bonds is 4. The van der Waals surface area contributed by atoms with Crippen molar-refractivity contribution in [3.8, 4) is 11.3 Å². The van der Waals surface area contributed by atoms with Gasteiger partial charge in [-0.3, -0.25) is 14.6 Å². The normalized spacial score (nSPS) is 13.6. The lowest BCUT2D eigenvalue weighted by atomic mass is 9.98. The van der Waals surface area contributed by atoms with Crippen LogP contribution in [-0.2, 0) is 0 Å². The van der Waals surface area contributed by atoms with E-state index in [2.05, 4.69) is 16.0 Å². The van der Waals surface area contributed by atoms with Crippen molar-refractivity contribution in [1.82, 2.24) is 19.8 Å². The van der Waals surface area contributed by atoms with E-state index in [1.54, 1.807) is 31.1 Å².